The second-order valence-corrected chi connectivity index (χ2v) is 5.44. The molecule has 5 heteroatoms. The summed E-state index contributed by atoms with van der Waals surface area (Å²) in [6.07, 6.45) is 0. The van der Waals surface area contributed by atoms with Crippen molar-refractivity contribution < 1.29 is 9.13 Å². The first-order valence-corrected chi connectivity index (χ1v) is 6.83. The van der Waals surface area contributed by atoms with E-state index in [1.165, 1.54) is 6.07 Å². The molecule has 2 aromatic carbocycles. The topological polar surface area (TPSA) is 35.2 Å². The van der Waals surface area contributed by atoms with Crippen molar-refractivity contribution in [2.75, 3.05) is 0 Å². The minimum Gasteiger partial charge on any atom is -0.455 e. The summed E-state index contributed by atoms with van der Waals surface area (Å²) in [4.78, 5) is 0. The predicted molar refractivity (Wildman–Crippen MR) is 78.2 cm³/mol. The van der Waals surface area contributed by atoms with Crippen LogP contribution in [0.1, 0.15) is 18.5 Å². The fourth-order valence-corrected chi connectivity index (χ4v) is 2.22. The lowest BCUT2D eigenvalue weighted by molar-refractivity contribution is 0.461. The van der Waals surface area contributed by atoms with Crippen molar-refractivity contribution in [1.29, 1.82) is 0 Å². The van der Waals surface area contributed by atoms with E-state index in [4.69, 9.17) is 22.1 Å². The molecule has 1 unspecified atom stereocenters. The van der Waals surface area contributed by atoms with Crippen LogP contribution in [0.25, 0.3) is 0 Å². The fraction of sp³-hybridized carbons (Fsp3) is 0.143. The monoisotopic (exact) mass is 343 g/mol. The molecule has 2 rings (SSSR count). The van der Waals surface area contributed by atoms with Gasteiger partial charge in [0.15, 0.2) is 0 Å². The molecule has 0 bridgehead atoms. The fourth-order valence-electron chi connectivity index (χ4n) is 1.72. The highest BCUT2D eigenvalue weighted by Gasteiger charge is 2.15. The molecule has 100 valence electrons. The van der Waals surface area contributed by atoms with Gasteiger partial charge >= 0.3 is 0 Å². The van der Waals surface area contributed by atoms with Gasteiger partial charge in [0.05, 0.1) is 5.02 Å². The lowest BCUT2D eigenvalue weighted by atomic mass is 10.1. The number of ether oxygens (including phenoxy) is 1. The van der Waals surface area contributed by atoms with Crippen LogP contribution in [0.4, 0.5) is 4.39 Å². The number of hydrogen-bond acceptors (Lipinski definition) is 2. The van der Waals surface area contributed by atoms with Gasteiger partial charge in [0, 0.05) is 16.1 Å². The van der Waals surface area contributed by atoms with E-state index in [0.717, 1.165) is 4.47 Å². The van der Waals surface area contributed by atoms with Crippen molar-refractivity contribution in [2.24, 2.45) is 5.73 Å². The van der Waals surface area contributed by atoms with Crippen molar-refractivity contribution >= 4 is 27.5 Å². The van der Waals surface area contributed by atoms with Crippen molar-refractivity contribution in [3.63, 3.8) is 0 Å². The minimum atomic E-state index is -0.470. The number of halogens is 3. The molecule has 0 aromatic heterocycles. The molecule has 0 aliphatic rings. The van der Waals surface area contributed by atoms with E-state index in [0.29, 0.717) is 22.1 Å². The highest BCUT2D eigenvalue weighted by molar-refractivity contribution is 9.10. The summed E-state index contributed by atoms with van der Waals surface area (Å²) in [5.41, 5.74) is 6.11. The van der Waals surface area contributed by atoms with E-state index in [2.05, 4.69) is 15.9 Å². The minimum absolute atomic E-state index is 0.332. The molecule has 2 aromatic rings. The van der Waals surface area contributed by atoms with Crippen LogP contribution in [0.5, 0.6) is 11.5 Å². The van der Waals surface area contributed by atoms with Crippen molar-refractivity contribution in [1.82, 2.24) is 0 Å². The Hall–Kier alpha value is -1.10. The Bertz CT molecular complexity index is 604. The summed E-state index contributed by atoms with van der Waals surface area (Å²) in [6.45, 7) is 1.70. The Balaban J connectivity index is 2.44. The SMILES string of the molecule is CC(N)c1c(F)cccc1Oc1cc(Br)ccc1Cl. The molecule has 2 nitrogen and oxygen atoms in total. The number of hydrogen-bond donors (Lipinski definition) is 1. The van der Waals surface area contributed by atoms with Crippen LogP contribution in [0.3, 0.4) is 0 Å². The van der Waals surface area contributed by atoms with Gasteiger partial charge in [-0.2, -0.15) is 0 Å². The van der Waals surface area contributed by atoms with Crippen LogP contribution in [-0.4, -0.2) is 0 Å². The summed E-state index contributed by atoms with van der Waals surface area (Å²) in [7, 11) is 0. The van der Waals surface area contributed by atoms with Crippen LogP contribution < -0.4 is 10.5 Å². The number of nitrogens with two attached hydrogens (primary N) is 1. The Morgan fingerprint density at radius 1 is 1.26 bits per heavy atom. The van der Waals surface area contributed by atoms with Gasteiger partial charge < -0.3 is 10.5 Å². The molecule has 0 spiro atoms. The molecule has 0 saturated carbocycles. The molecule has 0 aliphatic heterocycles. The quantitative estimate of drug-likeness (QED) is 0.845. The van der Waals surface area contributed by atoms with Gasteiger partial charge in [-0.1, -0.05) is 33.6 Å². The maximum absolute atomic E-state index is 13.8. The molecule has 1 atom stereocenters. The third kappa shape index (κ3) is 3.26. The number of rotatable bonds is 3. The van der Waals surface area contributed by atoms with Crippen LogP contribution in [-0.2, 0) is 0 Å². The second-order valence-electron chi connectivity index (χ2n) is 4.12. The van der Waals surface area contributed by atoms with E-state index >= 15 is 0 Å². The first kappa shape index (κ1) is 14.3. The molecule has 0 amide bonds. The molecule has 0 radical (unpaired) electrons. The first-order chi connectivity index (χ1) is 8.99. The van der Waals surface area contributed by atoms with Crippen molar-refractivity contribution in [3.8, 4) is 11.5 Å². The zero-order chi connectivity index (χ0) is 14.0. The second kappa shape index (κ2) is 5.90. The maximum atomic E-state index is 13.8. The summed E-state index contributed by atoms with van der Waals surface area (Å²) in [5, 5.41) is 0.447. The zero-order valence-corrected chi connectivity index (χ0v) is 12.5. The van der Waals surface area contributed by atoms with E-state index in [1.807, 2.05) is 0 Å². The molecule has 0 saturated heterocycles. The summed E-state index contributed by atoms with van der Waals surface area (Å²) >= 11 is 9.38. The number of benzene rings is 2. The summed E-state index contributed by atoms with van der Waals surface area (Å²) in [5.74, 6) is 0.428. The predicted octanol–water partition coefficient (Wildman–Crippen LogP) is 5.05. The third-order valence-corrected chi connectivity index (χ3v) is 3.39. The smallest absolute Gasteiger partial charge is 0.147 e. The molecule has 0 fully saturated rings. The Morgan fingerprint density at radius 3 is 2.68 bits per heavy atom. The Labute approximate surface area is 124 Å². The van der Waals surface area contributed by atoms with Gasteiger partial charge in [0.25, 0.3) is 0 Å². The molecule has 2 N–H and O–H groups in total. The van der Waals surface area contributed by atoms with E-state index < -0.39 is 11.9 Å². The largest absolute Gasteiger partial charge is 0.455 e. The average Bonchev–Trinajstić information content (AvgIpc) is 2.33. The van der Waals surface area contributed by atoms with Crippen LogP contribution in [0, 0.1) is 5.82 Å². The van der Waals surface area contributed by atoms with Crippen molar-refractivity contribution in [3.05, 3.63) is 57.3 Å². The van der Waals surface area contributed by atoms with Gasteiger partial charge in [-0.3, -0.25) is 0 Å². The lowest BCUT2D eigenvalue weighted by Gasteiger charge is -2.15. The maximum Gasteiger partial charge on any atom is 0.147 e. The van der Waals surface area contributed by atoms with Gasteiger partial charge in [0.1, 0.15) is 17.3 Å². The molecule has 19 heavy (non-hydrogen) atoms. The highest BCUT2D eigenvalue weighted by Crippen LogP contribution is 2.35. The van der Waals surface area contributed by atoms with E-state index in [-0.39, 0.29) is 0 Å². The Morgan fingerprint density at radius 2 is 2.00 bits per heavy atom. The van der Waals surface area contributed by atoms with E-state index in [1.54, 1.807) is 37.3 Å². The molecular weight excluding hydrogens is 333 g/mol. The average molecular weight is 345 g/mol. The van der Waals surface area contributed by atoms with Gasteiger partial charge in [-0.25, -0.2) is 4.39 Å². The highest BCUT2D eigenvalue weighted by atomic mass is 79.9. The Kier molecular flexibility index (Phi) is 4.45. The summed E-state index contributed by atoms with van der Waals surface area (Å²) in [6, 6.07) is 9.34. The first-order valence-electron chi connectivity index (χ1n) is 5.66. The standard InChI is InChI=1S/C14H12BrClFNO/c1-8(18)14-11(17)3-2-4-12(14)19-13-7-9(15)5-6-10(13)16/h2-8H,18H2,1H3. The normalized spacial score (nSPS) is 12.3. The molecular formula is C14H12BrClFNO. The van der Waals surface area contributed by atoms with Gasteiger partial charge in [0.2, 0.25) is 0 Å². The molecule has 0 aliphatic carbocycles. The summed E-state index contributed by atoms with van der Waals surface area (Å²) < 4.78 is 20.3. The van der Waals surface area contributed by atoms with Crippen LogP contribution in [0.15, 0.2) is 40.9 Å². The molecule has 0 heterocycles. The lowest BCUT2D eigenvalue weighted by Crippen LogP contribution is -2.09. The zero-order valence-electron chi connectivity index (χ0n) is 10.2. The van der Waals surface area contributed by atoms with Gasteiger partial charge in [-0.15, -0.1) is 0 Å². The van der Waals surface area contributed by atoms with Gasteiger partial charge in [-0.05, 0) is 37.3 Å². The van der Waals surface area contributed by atoms with Crippen LogP contribution >= 0.6 is 27.5 Å². The van der Waals surface area contributed by atoms with Crippen molar-refractivity contribution in [2.45, 2.75) is 13.0 Å². The third-order valence-electron chi connectivity index (χ3n) is 2.58. The van der Waals surface area contributed by atoms with Crippen LogP contribution in [0.2, 0.25) is 5.02 Å². The van der Waals surface area contributed by atoms with E-state index in [9.17, 15) is 4.39 Å².